The number of hydrogen-bond acceptors (Lipinski definition) is 4. The standard InChI is InChI=1S/C19H25NO4S/c1-13(19(22)23)25-17-7-3-2-5-15(17)18(21)20-10-8-14(9-11-20)16-6-4-12-24-16/h2-3,5,7,13-14,16H,4,6,8-12H2,1H3,(H,22,23). The van der Waals surface area contributed by atoms with Crippen molar-refractivity contribution in [2.45, 2.75) is 48.9 Å². The van der Waals surface area contributed by atoms with Crippen LogP contribution in [0.1, 0.15) is 43.0 Å². The molecule has 2 heterocycles. The van der Waals surface area contributed by atoms with Gasteiger partial charge in [-0.05, 0) is 50.7 Å². The van der Waals surface area contributed by atoms with Crippen molar-refractivity contribution in [3.63, 3.8) is 0 Å². The van der Waals surface area contributed by atoms with E-state index in [2.05, 4.69) is 0 Å². The Morgan fingerprint density at radius 3 is 2.60 bits per heavy atom. The van der Waals surface area contributed by atoms with E-state index in [1.165, 1.54) is 11.8 Å². The molecule has 2 atom stereocenters. The first-order valence-electron chi connectivity index (χ1n) is 8.95. The van der Waals surface area contributed by atoms with Gasteiger partial charge in [-0.2, -0.15) is 0 Å². The van der Waals surface area contributed by atoms with Gasteiger partial charge >= 0.3 is 5.97 Å². The zero-order valence-corrected chi connectivity index (χ0v) is 15.3. The van der Waals surface area contributed by atoms with E-state index in [0.717, 1.165) is 50.3 Å². The summed E-state index contributed by atoms with van der Waals surface area (Å²) in [6.45, 7) is 4.01. The Balaban J connectivity index is 1.64. The molecule has 0 bridgehead atoms. The van der Waals surface area contributed by atoms with Crippen molar-refractivity contribution >= 4 is 23.6 Å². The third-order valence-electron chi connectivity index (χ3n) is 5.09. The molecule has 3 rings (SSSR count). The Bertz CT molecular complexity index is 622. The zero-order chi connectivity index (χ0) is 17.8. The molecule has 2 saturated heterocycles. The third-order valence-corrected chi connectivity index (χ3v) is 6.25. The van der Waals surface area contributed by atoms with Crippen molar-refractivity contribution in [2.24, 2.45) is 5.92 Å². The summed E-state index contributed by atoms with van der Waals surface area (Å²) in [6, 6.07) is 7.31. The molecule has 0 aliphatic carbocycles. The van der Waals surface area contributed by atoms with Gasteiger partial charge in [-0.25, -0.2) is 0 Å². The first-order valence-corrected chi connectivity index (χ1v) is 9.83. The average molecular weight is 363 g/mol. The SMILES string of the molecule is CC(Sc1ccccc1C(=O)N1CCC(C2CCCO2)CC1)C(=O)O. The fourth-order valence-corrected chi connectivity index (χ4v) is 4.53. The van der Waals surface area contributed by atoms with Crippen LogP contribution >= 0.6 is 11.8 Å². The number of likely N-dealkylation sites (tertiary alicyclic amines) is 1. The Kier molecular flexibility index (Phi) is 6.02. The highest BCUT2D eigenvalue weighted by atomic mass is 32.2. The second kappa shape index (κ2) is 8.23. The van der Waals surface area contributed by atoms with Crippen molar-refractivity contribution in [2.75, 3.05) is 19.7 Å². The van der Waals surface area contributed by atoms with Crippen molar-refractivity contribution in [1.29, 1.82) is 0 Å². The number of aliphatic carboxylic acids is 1. The molecule has 1 aromatic rings. The van der Waals surface area contributed by atoms with Crippen LogP contribution in [0.4, 0.5) is 0 Å². The van der Waals surface area contributed by atoms with Crippen LogP contribution in [0.25, 0.3) is 0 Å². The molecule has 2 unspecified atom stereocenters. The Hall–Kier alpha value is -1.53. The van der Waals surface area contributed by atoms with Crippen LogP contribution < -0.4 is 0 Å². The summed E-state index contributed by atoms with van der Waals surface area (Å²) in [4.78, 5) is 26.7. The number of carboxylic acid groups (broad SMARTS) is 1. The molecule has 2 fully saturated rings. The minimum Gasteiger partial charge on any atom is -0.480 e. The van der Waals surface area contributed by atoms with E-state index >= 15 is 0 Å². The van der Waals surface area contributed by atoms with Gasteiger partial charge in [0.2, 0.25) is 0 Å². The van der Waals surface area contributed by atoms with Crippen molar-refractivity contribution in [1.82, 2.24) is 4.90 Å². The Morgan fingerprint density at radius 1 is 1.24 bits per heavy atom. The molecule has 0 spiro atoms. The van der Waals surface area contributed by atoms with Gasteiger partial charge in [0.15, 0.2) is 0 Å². The molecular formula is C19H25NO4S. The predicted molar refractivity (Wildman–Crippen MR) is 97.0 cm³/mol. The second-order valence-electron chi connectivity index (χ2n) is 6.78. The van der Waals surface area contributed by atoms with Gasteiger partial charge in [0.1, 0.15) is 5.25 Å². The fourth-order valence-electron chi connectivity index (χ4n) is 3.61. The molecule has 2 aliphatic rings. The van der Waals surface area contributed by atoms with Crippen molar-refractivity contribution in [3.05, 3.63) is 29.8 Å². The topological polar surface area (TPSA) is 66.8 Å². The lowest BCUT2D eigenvalue weighted by molar-refractivity contribution is -0.136. The summed E-state index contributed by atoms with van der Waals surface area (Å²) in [6.07, 6.45) is 4.63. The van der Waals surface area contributed by atoms with Crippen LogP contribution in [0.2, 0.25) is 0 Å². The van der Waals surface area contributed by atoms with Gasteiger partial charge in [0.25, 0.3) is 5.91 Å². The summed E-state index contributed by atoms with van der Waals surface area (Å²) in [5.74, 6) is -0.306. The van der Waals surface area contributed by atoms with E-state index in [1.807, 2.05) is 23.1 Å². The molecule has 1 N–H and O–H groups in total. The number of benzene rings is 1. The number of piperidine rings is 1. The summed E-state index contributed by atoms with van der Waals surface area (Å²) < 4.78 is 5.80. The Morgan fingerprint density at radius 2 is 1.96 bits per heavy atom. The van der Waals surface area contributed by atoms with Crippen LogP contribution in [-0.4, -0.2) is 52.9 Å². The number of carbonyl (C=O) groups excluding carboxylic acids is 1. The lowest BCUT2D eigenvalue weighted by Gasteiger charge is -2.34. The summed E-state index contributed by atoms with van der Waals surface area (Å²) >= 11 is 1.22. The molecule has 0 saturated carbocycles. The predicted octanol–water partition coefficient (Wildman–Crippen LogP) is 3.28. The molecule has 25 heavy (non-hydrogen) atoms. The molecule has 5 nitrogen and oxygen atoms in total. The zero-order valence-electron chi connectivity index (χ0n) is 14.5. The summed E-state index contributed by atoms with van der Waals surface area (Å²) in [5.41, 5.74) is 0.608. The molecule has 136 valence electrons. The van der Waals surface area contributed by atoms with Crippen molar-refractivity contribution in [3.8, 4) is 0 Å². The quantitative estimate of drug-likeness (QED) is 0.813. The highest BCUT2D eigenvalue weighted by Crippen LogP contribution is 2.31. The second-order valence-corrected chi connectivity index (χ2v) is 8.16. The number of thioether (sulfide) groups is 1. The van der Waals surface area contributed by atoms with Gasteiger partial charge in [-0.3, -0.25) is 9.59 Å². The normalized spacial score (nSPS) is 22.8. The van der Waals surface area contributed by atoms with Gasteiger partial charge in [0.05, 0.1) is 11.7 Å². The van der Waals surface area contributed by atoms with E-state index in [1.54, 1.807) is 13.0 Å². The minimum atomic E-state index is -0.871. The van der Waals surface area contributed by atoms with Gasteiger partial charge in [0, 0.05) is 24.6 Å². The van der Waals surface area contributed by atoms with Crippen LogP contribution in [0, 0.1) is 5.92 Å². The first-order chi connectivity index (χ1) is 12.1. The number of nitrogens with zero attached hydrogens (tertiary/aromatic N) is 1. The monoisotopic (exact) mass is 363 g/mol. The average Bonchev–Trinajstić information content (AvgIpc) is 3.16. The molecule has 1 aromatic carbocycles. The lowest BCUT2D eigenvalue weighted by Crippen LogP contribution is -2.41. The third kappa shape index (κ3) is 4.36. The number of amides is 1. The number of hydrogen-bond donors (Lipinski definition) is 1. The summed E-state index contributed by atoms with van der Waals surface area (Å²) in [7, 11) is 0. The van der Waals surface area contributed by atoms with E-state index in [9.17, 15) is 9.59 Å². The fraction of sp³-hybridized carbons (Fsp3) is 0.579. The molecule has 6 heteroatoms. The first kappa shape index (κ1) is 18.3. The molecular weight excluding hydrogens is 338 g/mol. The highest BCUT2D eigenvalue weighted by molar-refractivity contribution is 8.00. The van der Waals surface area contributed by atoms with E-state index in [4.69, 9.17) is 9.84 Å². The maximum Gasteiger partial charge on any atom is 0.316 e. The maximum atomic E-state index is 12.9. The van der Waals surface area contributed by atoms with Crippen molar-refractivity contribution < 1.29 is 19.4 Å². The molecule has 2 aliphatic heterocycles. The smallest absolute Gasteiger partial charge is 0.316 e. The maximum absolute atomic E-state index is 12.9. The number of ether oxygens (including phenoxy) is 1. The van der Waals surface area contributed by atoms with Gasteiger partial charge in [-0.1, -0.05) is 12.1 Å². The Labute approximate surface area is 152 Å². The number of rotatable bonds is 5. The number of carbonyl (C=O) groups is 2. The van der Waals surface area contributed by atoms with E-state index in [-0.39, 0.29) is 5.91 Å². The highest BCUT2D eigenvalue weighted by Gasteiger charge is 2.31. The number of carboxylic acids is 1. The van der Waals surface area contributed by atoms with Gasteiger partial charge in [-0.15, -0.1) is 11.8 Å². The van der Waals surface area contributed by atoms with E-state index in [0.29, 0.717) is 17.6 Å². The molecule has 0 aromatic heterocycles. The van der Waals surface area contributed by atoms with Crippen LogP contribution in [-0.2, 0) is 9.53 Å². The molecule has 0 radical (unpaired) electrons. The minimum absolute atomic E-state index is 0.00600. The lowest BCUT2D eigenvalue weighted by atomic mass is 9.89. The van der Waals surface area contributed by atoms with Gasteiger partial charge < -0.3 is 14.7 Å². The molecule has 1 amide bonds. The van der Waals surface area contributed by atoms with Crippen LogP contribution in [0.5, 0.6) is 0 Å². The summed E-state index contributed by atoms with van der Waals surface area (Å²) in [5, 5.41) is 8.54. The van der Waals surface area contributed by atoms with Crippen LogP contribution in [0.15, 0.2) is 29.2 Å². The largest absolute Gasteiger partial charge is 0.480 e. The van der Waals surface area contributed by atoms with E-state index < -0.39 is 11.2 Å². The van der Waals surface area contributed by atoms with Crippen LogP contribution in [0.3, 0.4) is 0 Å².